The lowest BCUT2D eigenvalue weighted by molar-refractivity contribution is -0.118. The number of carbonyl (C=O) groups is 1. The van der Waals surface area contributed by atoms with E-state index in [-0.39, 0.29) is 29.9 Å². The van der Waals surface area contributed by atoms with Gasteiger partial charge in [0.15, 0.2) is 5.96 Å². The van der Waals surface area contributed by atoms with Gasteiger partial charge in [-0.1, -0.05) is 18.2 Å². The molecule has 0 aromatic heterocycles. The van der Waals surface area contributed by atoms with Crippen molar-refractivity contribution in [3.8, 4) is 0 Å². The maximum absolute atomic E-state index is 12.6. The van der Waals surface area contributed by atoms with Crippen LogP contribution in [-0.2, 0) is 16.0 Å². The summed E-state index contributed by atoms with van der Waals surface area (Å²) in [6.45, 7) is 7.39. The molecule has 1 aromatic rings. The van der Waals surface area contributed by atoms with Crippen LogP contribution in [0.2, 0.25) is 0 Å². The Morgan fingerprint density at radius 3 is 2.80 bits per heavy atom. The highest BCUT2D eigenvalue weighted by Gasteiger charge is 2.30. The van der Waals surface area contributed by atoms with Crippen LogP contribution >= 0.6 is 24.0 Å². The fraction of sp³-hybridized carbons (Fsp3) is 0.636. The summed E-state index contributed by atoms with van der Waals surface area (Å²) in [5.74, 6) is 1.18. The first-order valence-corrected chi connectivity index (χ1v) is 10.9. The van der Waals surface area contributed by atoms with E-state index in [2.05, 4.69) is 32.2 Å². The van der Waals surface area contributed by atoms with Crippen molar-refractivity contribution in [2.24, 2.45) is 4.99 Å². The van der Waals surface area contributed by atoms with Crippen molar-refractivity contribution >= 4 is 41.5 Å². The second-order valence-corrected chi connectivity index (χ2v) is 8.04. The summed E-state index contributed by atoms with van der Waals surface area (Å²) in [7, 11) is 1.84. The summed E-state index contributed by atoms with van der Waals surface area (Å²) in [5.41, 5.74) is 2.37. The number of ether oxygens (including phenoxy) is 1. The average molecular weight is 527 g/mol. The van der Waals surface area contributed by atoms with E-state index in [9.17, 15) is 4.79 Å². The molecule has 3 aliphatic heterocycles. The number of benzene rings is 1. The van der Waals surface area contributed by atoms with Gasteiger partial charge in [0.2, 0.25) is 5.91 Å². The Balaban J connectivity index is 0.00000256. The molecule has 7 nitrogen and oxygen atoms in total. The third-order valence-corrected chi connectivity index (χ3v) is 6.28. The third-order valence-electron chi connectivity index (χ3n) is 6.28. The number of nitrogens with one attached hydrogen (secondary N) is 1. The van der Waals surface area contributed by atoms with Crippen molar-refractivity contribution in [1.82, 2.24) is 15.1 Å². The smallest absolute Gasteiger partial charge is 0.227 e. The Morgan fingerprint density at radius 2 is 2.00 bits per heavy atom. The minimum absolute atomic E-state index is 0. The molecule has 0 bridgehead atoms. The number of para-hydroxylation sites is 1. The van der Waals surface area contributed by atoms with Crippen molar-refractivity contribution in [3.63, 3.8) is 0 Å². The average Bonchev–Trinajstić information content (AvgIpc) is 3.42. The highest BCUT2D eigenvalue weighted by molar-refractivity contribution is 14.0. The number of guanidine groups is 1. The number of rotatable bonds is 5. The maximum atomic E-state index is 12.6. The summed E-state index contributed by atoms with van der Waals surface area (Å²) in [6.07, 6.45) is 3.52. The monoisotopic (exact) mass is 527 g/mol. The molecule has 1 amide bonds. The summed E-state index contributed by atoms with van der Waals surface area (Å²) >= 11 is 0. The highest BCUT2D eigenvalue weighted by Crippen LogP contribution is 2.28. The second kappa shape index (κ2) is 11.3. The van der Waals surface area contributed by atoms with Gasteiger partial charge in [-0.05, 0) is 30.9 Å². The van der Waals surface area contributed by atoms with Crippen LogP contribution in [0, 0.1) is 0 Å². The van der Waals surface area contributed by atoms with E-state index in [1.807, 2.05) is 24.1 Å². The van der Waals surface area contributed by atoms with E-state index in [4.69, 9.17) is 4.74 Å². The van der Waals surface area contributed by atoms with Gasteiger partial charge in [0, 0.05) is 64.5 Å². The first-order chi connectivity index (χ1) is 14.3. The Labute approximate surface area is 196 Å². The van der Waals surface area contributed by atoms with Gasteiger partial charge >= 0.3 is 0 Å². The molecule has 30 heavy (non-hydrogen) atoms. The fourth-order valence-corrected chi connectivity index (χ4v) is 4.68. The van der Waals surface area contributed by atoms with Gasteiger partial charge in [0.05, 0.1) is 13.2 Å². The third kappa shape index (κ3) is 5.45. The summed E-state index contributed by atoms with van der Waals surface area (Å²) < 4.78 is 5.47. The Bertz CT molecular complexity index is 738. The molecule has 3 aliphatic rings. The normalized spacial score (nSPS) is 22.0. The van der Waals surface area contributed by atoms with Crippen molar-refractivity contribution in [2.45, 2.75) is 31.7 Å². The lowest BCUT2D eigenvalue weighted by Gasteiger charge is -2.32. The first kappa shape index (κ1) is 23.3. The number of anilines is 1. The number of halogens is 1. The molecule has 0 radical (unpaired) electrons. The SMILES string of the molecule is CN=C(NCCCC(=O)N1CCc2ccccc21)N1CCC(N2CCOCC2)C1.I. The van der Waals surface area contributed by atoms with Crippen molar-refractivity contribution in [2.75, 3.05) is 64.4 Å². The van der Waals surface area contributed by atoms with E-state index >= 15 is 0 Å². The molecular weight excluding hydrogens is 493 g/mol. The van der Waals surface area contributed by atoms with Crippen LogP contribution in [0.25, 0.3) is 0 Å². The molecule has 1 unspecified atom stereocenters. The molecule has 1 N–H and O–H groups in total. The van der Waals surface area contributed by atoms with Crippen LogP contribution in [-0.4, -0.2) is 87.2 Å². The van der Waals surface area contributed by atoms with E-state index in [0.717, 1.165) is 77.0 Å². The van der Waals surface area contributed by atoms with Crippen LogP contribution in [0.4, 0.5) is 5.69 Å². The molecule has 1 atom stereocenters. The minimum Gasteiger partial charge on any atom is -0.379 e. The molecule has 2 saturated heterocycles. The number of morpholine rings is 1. The van der Waals surface area contributed by atoms with Gasteiger partial charge in [0.25, 0.3) is 0 Å². The van der Waals surface area contributed by atoms with Crippen LogP contribution in [0.3, 0.4) is 0 Å². The molecule has 0 saturated carbocycles. The molecule has 1 aromatic carbocycles. The summed E-state index contributed by atoms with van der Waals surface area (Å²) in [5, 5.41) is 3.46. The lowest BCUT2D eigenvalue weighted by Crippen LogP contribution is -2.46. The van der Waals surface area contributed by atoms with Crippen molar-refractivity contribution in [3.05, 3.63) is 29.8 Å². The van der Waals surface area contributed by atoms with E-state index in [1.165, 1.54) is 12.0 Å². The summed E-state index contributed by atoms with van der Waals surface area (Å²) in [4.78, 5) is 23.9. The van der Waals surface area contributed by atoms with Gasteiger partial charge in [-0.3, -0.25) is 14.7 Å². The number of nitrogens with zero attached hydrogens (tertiary/aromatic N) is 4. The zero-order chi connectivity index (χ0) is 20.1. The van der Waals surface area contributed by atoms with Crippen LogP contribution in [0.15, 0.2) is 29.3 Å². The standard InChI is InChI=1S/C22H33N5O2.HI/c1-23-22(26-11-9-19(17-26)25-13-15-29-16-14-25)24-10-4-7-21(28)27-12-8-18-5-2-3-6-20(18)27;/h2-3,5-6,19H,4,7-17H2,1H3,(H,23,24);1H. The molecule has 166 valence electrons. The Hall–Kier alpha value is -1.39. The molecule has 8 heteroatoms. The molecule has 4 rings (SSSR count). The van der Waals surface area contributed by atoms with Crippen LogP contribution in [0.1, 0.15) is 24.8 Å². The quantitative estimate of drug-likeness (QED) is 0.275. The number of fused-ring (bicyclic) bond motifs is 1. The zero-order valence-electron chi connectivity index (χ0n) is 17.9. The number of aliphatic imine (C=N–C) groups is 1. The van der Waals surface area contributed by atoms with Gasteiger partial charge in [-0.2, -0.15) is 0 Å². The number of likely N-dealkylation sites (tertiary alicyclic amines) is 1. The molecule has 2 fully saturated rings. The Morgan fingerprint density at radius 1 is 1.20 bits per heavy atom. The number of carbonyl (C=O) groups excluding carboxylic acids is 1. The maximum Gasteiger partial charge on any atom is 0.227 e. The highest BCUT2D eigenvalue weighted by atomic mass is 127. The van der Waals surface area contributed by atoms with E-state index < -0.39 is 0 Å². The predicted octanol–water partition coefficient (Wildman–Crippen LogP) is 1.96. The fourth-order valence-electron chi connectivity index (χ4n) is 4.68. The van der Waals surface area contributed by atoms with Gasteiger partial charge < -0.3 is 19.9 Å². The molecule has 0 aliphatic carbocycles. The van der Waals surface area contributed by atoms with Crippen molar-refractivity contribution in [1.29, 1.82) is 0 Å². The van der Waals surface area contributed by atoms with Crippen LogP contribution in [0.5, 0.6) is 0 Å². The number of hydrogen-bond acceptors (Lipinski definition) is 4. The lowest BCUT2D eigenvalue weighted by atomic mass is 10.2. The van der Waals surface area contributed by atoms with E-state index in [1.54, 1.807) is 0 Å². The van der Waals surface area contributed by atoms with Crippen LogP contribution < -0.4 is 10.2 Å². The van der Waals surface area contributed by atoms with Gasteiger partial charge in [-0.15, -0.1) is 24.0 Å². The molecule has 3 heterocycles. The Kier molecular flexibility index (Phi) is 8.76. The largest absolute Gasteiger partial charge is 0.379 e. The predicted molar refractivity (Wildman–Crippen MR) is 131 cm³/mol. The number of amides is 1. The molecule has 0 spiro atoms. The van der Waals surface area contributed by atoms with Crippen molar-refractivity contribution < 1.29 is 9.53 Å². The topological polar surface area (TPSA) is 60.4 Å². The number of hydrogen-bond donors (Lipinski definition) is 1. The zero-order valence-corrected chi connectivity index (χ0v) is 20.2. The van der Waals surface area contributed by atoms with E-state index in [0.29, 0.717) is 12.5 Å². The first-order valence-electron chi connectivity index (χ1n) is 10.9. The minimum atomic E-state index is 0. The van der Waals surface area contributed by atoms with Gasteiger partial charge in [0.1, 0.15) is 0 Å². The van der Waals surface area contributed by atoms with Gasteiger partial charge in [-0.25, -0.2) is 0 Å². The molecular formula is C22H34IN5O2. The second-order valence-electron chi connectivity index (χ2n) is 8.04. The summed E-state index contributed by atoms with van der Waals surface area (Å²) in [6, 6.07) is 8.82.